The Labute approximate surface area is 161 Å². The van der Waals surface area contributed by atoms with Crippen LogP contribution in [0.5, 0.6) is 5.75 Å². The summed E-state index contributed by atoms with van der Waals surface area (Å²) in [4.78, 5) is 15.8. The number of ether oxygens (including phenoxy) is 1. The number of hydrogen-bond acceptors (Lipinski definition) is 5. The molecule has 2 heterocycles. The summed E-state index contributed by atoms with van der Waals surface area (Å²) in [6, 6.07) is 14.4. The fourth-order valence-corrected chi connectivity index (χ4v) is 3.03. The fraction of sp³-hybridized carbons (Fsp3) is 0.318. The number of methoxy groups -OCH3 is 1. The Morgan fingerprint density at radius 3 is 2.52 bits per heavy atom. The van der Waals surface area contributed by atoms with Crippen LogP contribution in [-0.2, 0) is 12.8 Å². The monoisotopic (exact) mass is 362 g/mol. The van der Waals surface area contributed by atoms with E-state index in [1.165, 1.54) is 5.56 Å². The lowest BCUT2D eigenvalue weighted by Crippen LogP contribution is -2.31. The number of rotatable bonds is 7. The molecule has 0 aliphatic rings. The van der Waals surface area contributed by atoms with Gasteiger partial charge in [-0.2, -0.15) is 0 Å². The molecule has 1 aromatic carbocycles. The van der Waals surface area contributed by atoms with Crippen molar-refractivity contribution in [3.8, 4) is 17.1 Å². The second kappa shape index (κ2) is 8.62. The van der Waals surface area contributed by atoms with Gasteiger partial charge in [0.2, 0.25) is 0 Å². The van der Waals surface area contributed by atoms with Gasteiger partial charge in [-0.3, -0.25) is 4.98 Å². The molecule has 0 saturated carbocycles. The van der Waals surface area contributed by atoms with Gasteiger partial charge in [0.25, 0.3) is 0 Å². The maximum absolute atomic E-state index is 5.50. The van der Waals surface area contributed by atoms with Crippen LogP contribution in [0.2, 0.25) is 0 Å². The van der Waals surface area contributed by atoms with Crippen molar-refractivity contribution in [2.45, 2.75) is 32.7 Å². The van der Waals surface area contributed by atoms with Gasteiger partial charge >= 0.3 is 0 Å². The Hall–Kier alpha value is -2.95. The summed E-state index contributed by atoms with van der Waals surface area (Å²) in [6.45, 7) is 4.31. The Morgan fingerprint density at radius 2 is 1.81 bits per heavy atom. The van der Waals surface area contributed by atoms with Gasteiger partial charge in [-0.25, -0.2) is 9.97 Å². The largest absolute Gasteiger partial charge is 0.496 e. The number of anilines is 1. The van der Waals surface area contributed by atoms with Crippen LogP contribution in [0, 0.1) is 0 Å². The number of likely N-dealkylation sites (N-methyl/N-ethyl adjacent to an activating group) is 1. The average molecular weight is 362 g/mol. The Bertz CT molecular complexity index is 882. The van der Waals surface area contributed by atoms with Crippen molar-refractivity contribution in [2.24, 2.45) is 0 Å². The standard InChI is InChI=1S/C22H26N4O/c1-5-19-15-21(25-22(24-19)17-10-12-23-13-11-17)26(3)16(2)14-18-8-6-7-9-20(18)27-4/h6-13,15-16H,5,14H2,1-4H3. The molecule has 1 atom stereocenters. The van der Waals surface area contributed by atoms with Gasteiger partial charge in [-0.05, 0) is 43.5 Å². The normalized spacial score (nSPS) is 11.9. The van der Waals surface area contributed by atoms with E-state index >= 15 is 0 Å². The lowest BCUT2D eigenvalue weighted by atomic mass is 10.0. The predicted molar refractivity (Wildman–Crippen MR) is 109 cm³/mol. The van der Waals surface area contributed by atoms with E-state index in [2.05, 4.69) is 47.9 Å². The summed E-state index contributed by atoms with van der Waals surface area (Å²) in [5.74, 6) is 2.59. The van der Waals surface area contributed by atoms with Gasteiger partial charge in [0, 0.05) is 42.8 Å². The highest BCUT2D eigenvalue weighted by Crippen LogP contribution is 2.24. The van der Waals surface area contributed by atoms with Gasteiger partial charge in [0.15, 0.2) is 5.82 Å². The third kappa shape index (κ3) is 4.42. The molecule has 140 valence electrons. The van der Waals surface area contributed by atoms with E-state index in [9.17, 15) is 0 Å². The van der Waals surface area contributed by atoms with Crippen molar-refractivity contribution in [3.05, 3.63) is 66.1 Å². The Kier molecular flexibility index (Phi) is 6.01. The molecule has 27 heavy (non-hydrogen) atoms. The first-order valence-corrected chi connectivity index (χ1v) is 9.25. The van der Waals surface area contributed by atoms with E-state index in [0.29, 0.717) is 0 Å². The second-order valence-corrected chi connectivity index (χ2v) is 6.61. The van der Waals surface area contributed by atoms with Crippen LogP contribution in [0.1, 0.15) is 25.1 Å². The molecule has 5 heteroatoms. The smallest absolute Gasteiger partial charge is 0.161 e. The third-order valence-corrected chi connectivity index (χ3v) is 4.80. The molecule has 2 aromatic heterocycles. The summed E-state index contributed by atoms with van der Waals surface area (Å²) < 4.78 is 5.50. The zero-order chi connectivity index (χ0) is 19.2. The summed E-state index contributed by atoms with van der Waals surface area (Å²) in [5.41, 5.74) is 3.20. The van der Waals surface area contributed by atoms with E-state index in [1.54, 1.807) is 19.5 Å². The number of benzene rings is 1. The number of para-hydroxylation sites is 1. The van der Waals surface area contributed by atoms with Crippen LogP contribution in [0.3, 0.4) is 0 Å². The molecule has 0 aliphatic carbocycles. The highest BCUT2D eigenvalue weighted by Gasteiger charge is 2.16. The summed E-state index contributed by atoms with van der Waals surface area (Å²) in [5, 5.41) is 0. The molecule has 0 bridgehead atoms. The quantitative estimate of drug-likeness (QED) is 0.631. The molecule has 0 spiro atoms. The topological polar surface area (TPSA) is 51.1 Å². The molecule has 0 fully saturated rings. The van der Waals surface area contributed by atoms with Crippen molar-refractivity contribution in [2.75, 3.05) is 19.1 Å². The lowest BCUT2D eigenvalue weighted by Gasteiger charge is -2.27. The average Bonchev–Trinajstić information content (AvgIpc) is 2.73. The maximum atomic E-state index is 5.50. The minimum absolute atomic E-state index is 0.256. The zero-order valence-electron chi connectivity index (χ0n) is 16.4. The first-order valence-electron chi connectivity index (χ1n) is 9.25. The number of nitrogens with zero attached hydrogens (tertiary/aromatic N) is 4. The van der Waals surface area contributed by atoms with Gasteiger partial charge < -0.3 is 9.64 Å². The van der Waals surface area contributed by atoms with Crippen LogP contribution in [-0.4, -0.2) is 35.2 Å². The van der Waals surface area contributed by atoms with Crippen LogP contribution in [0.15, 0.2) is 54.9 Å². The molecule has 0 aliphatic heterocycles. The lowest BCUT2D eigenvalue weighted by molar-refractivity contribution is 0.408. The first kappa shape index (κ1) is 18.8. The minimum Gasteiger partial charge on any atom is -0.496 e. The van der Waals surface area contributed by atoms with E-state index in [1.807, 2.05) is 30.3 Å². The van der Waals surface area contributed by atoms with Crippen molar-refractivity contribution >= 4 is 5.82 Å². The summed E-state index contributed by atoms with van der Waals surface area (Å²) in [6.07, 6.45) is 5.27. The van der Waals surface area contributed by atoms with E-state index in [4.69, 9.17) is 9.72 Å². The van der Waals surface area contributed by atoms with E-state index < -0.39 is 0 Å². The molecule has 3 aromatic rings. The molecule has 0 amide bonds. The summed E-state index contributed by atoms with van der Waals surface area (Å²) in [7, 11) is 3.80. The van der Waals surface area contributed by atoms with Crippen LogP contribution < -0.4 is 9.64 Å². The fourth-order valence-electron chi connectivity index (χ4n) is 3.03. The first-order chi connectivity index (χ1) is 13.1. The number of aryl methyl sites for hydroxylation is 1. The summed E-state index contributed by atoms with van der Waals surface area (Å²) >= 11 is 0. The van der Waals surface area contributed by atoms with Gasteiger partial charge in [0.1, 0.15) is 11.6 Å². The SMILES string of the molecule is CCc1cc(N(C)C(C)Cc2ccccc2OC)nc(-c2ccncc2)n1. The number of hydrogen-bond donors (Lipinski definition) is 0. The molecule has 1 unspecified atom stereocenters. The second-order valence-electron chi connectivity index (χ2n) is 6.61. The van der Waals surface area contributed by atoms with Crippen molar-refractivity contribution in [1.82, 2.24) is 15.0 Å². The molecule has 0 N–H and O–H groups in total. The van der Waals surface area contributed by atoms with Crippen molar-refractivity contribution in [3.63, 3.8) is 0 Å². The van der Waals surface area contributed by atoms with Crippen LogP contribution >= 0.6 is 0 Å². The van der Waals surface area contributed by atoms with E-state index in [0.717, 1.165) is 41.5 Å². The Balaban J connectivity index is 1.88. The van der Waals surface area contributed by atoms with Gasteiger partial charge in [-0.15, -0.1) is 0 Å². The van der Waals surface area contributed by atoms with E-state index in [-0.39, 0.29) is 6.04 Å². The zero-order valence-corrected chi connectivity index (χ0v) is 16.4. The number of aromatic nitrogens is 3. The van der Waals surface area contributed by atoms with Crippen molar-refractivity contribution in [1.29, 1.82) is 0 Å². The highest BCUT2D eigenvalue weighted by atomic mass is 16.5. The maximum Gasteiger partial charge on any atom is 0.161 e. The molecule has 0 radical (unpaired) electrons. The number of pyridine rings is 1. The molecule has 3 rings (SSSR count). The van der Waals surface area contributed by atoms with Gasteiger partial charge in [-0.1, -0.05) is 25.1 Å². The molecular weight excluding hydrogens is 336 g/mol. The Morgan fingerprint density at radius 1 is 1.07 bits per heavy atom. The minimum atomic E-state index is 0.256. The molecule has 5 nitrogen and oxygen atoms in total. The highest BCUT2D eigenvalue weighted by molar-refractivity contribution is 5.57. The molecular formula is C22H26N4O. The van der Waals surface area contributed by atoms with Crippen molar-refractivity contribution < 1.29 is 4.74 Å². The predicted octanol–water partition coefficient (Wildman–Crippen LogP) is 4.18. The van der Waals surface area contributed by atoms with Gasteiger partial charge in [0.05, 0.1) is 7.11 Å². The van der Waals surface area contributed by atoms with Crippen LogP contribution in [0.25, 0.3) is 11.4 Å². The van der Waals surface area contributed by atoms with Crippen LogP contribution in [0.4, 0.5) is 5.82 Å². The third-order valence-electron chi connectivity index (χ3n) is 4.80. The molecule has 0 saturated heterocycles.